The summed E-state index contributed by atoms with van der Waals surface area (Å²) in [6, 6.07) is 0. The second-order valence-electron chi connectivity index (χ2n) is 5.34. The molecule has 2 aliphatic rings. The van der Waals surface area contributed by atoms with Gasteiger partial charge in [0.05, 0.1) is 6.10 Å². The molecule has 0 bridgehead atoms. The fourth-order valence-electron chi connectivity index (χ4n) is 3.89. The van der Waals surface area contributed by atoms with Crippen LogP contribution in [0.2, 0.25) is 0 Å². The van der Waals surface area contributed by atoms with Gasteiger partial charge in [0.15, 0.2) is 0 Å². The van der Waals surface area contributed by atoms with Crippen molar-refractivity contribution in [3.8, 4) is 0 Å². The molecule has 14 heavy (non-hydrogen) atoms. The lowest BCUT2D eigenvalue weighted by Gasteiger charge is -2.40. The molecule has 2 aliphatic carbocycles. The molecule has 0 heterocycles. The highest BCUT2D eigenvalue weighted by Gasteiger charge is 2.49. The summed E-state index contributed by atoms with van der Waals surface area (Å²) in [5.41, 5.74) is 6.26. The quantitative estimate of drug-likeness (QED) is 0.710. The first-order chi connectivity index (χ1) is 6.70. The van der Waals surface area contributed by atoms with Gasteiger partial charge >= 0.3 is 0 Å². The van der Waals surface area contributed by atoms with Gasteiger partial charge in [-0.25, -0.2) is 0 Å². The Morgan fingerprint density at radius 1 is 1.29 bits per heavy atom. The third-order valence-electron chi connectivity index (χ3n) is 4.86. The number of hydrogen-bond donors (Lipinski definition) is 2. The van der Waals surface area contributed by atoms with E-state index in [-0.39, 0.29) is 11.5 Å². The van der Waals surface area contributed by atoms with Crippen LogP contribution in [-0.2, 0) is 0 Å². The Labute approximate surface area is 86.9 Å². The molecule has 2 rings (SSSR count). The number of hydrogen-bond acceptors (Lipinski definition) is 2. The van der Waals surface area contributed by atoms with Crippen molar-refractivity contribution in [1.82, 2.24) is 0 Å². The van der Waals surface area contributed by atoms with Crippen molar-refractivity contribution in [2.45, 2.75) is 51.6 Å². The average molecular weight is 197 g/mol. The molecule has 0 amide bonds. The highest BCUT2D eigenvalue weighted by Crippen LogP contribution is 2.53. The summed E-state index contributed by atoms with van der Waals surface area (Å²) in [4.78, 5) is 0. The Hall–Kier alpha value is -0.0800. The Kier molecular flexibility index (Phi) is 2.85. The Balaban J connectivity index is 2.18. The molecular weight excluding hydrogens is 174 g/mol. The lowest BCUT2D eigenvalue weighted by Crippen LogP contribution is -2.43. The molecule has 0 saturated heterocycles. The molecule has 0 aromatic heterocycles. The van der Waals surface area contributed by atoms with Gasteiger partial charge in [-0.05, 0) is 43.1 Å². The van der Waals surface area contributed by atoms with E-state index in [1.807, 2.05) is 0 Å². The normalized spacial score (nSPS) is 48.6. The van der Waals surface area contributed by atoms with Gasteiger partial charge in [-0.2, -0.15) is 0 Å². The maximum atomic E-state index is 10.0. The average Bonchev–Trinajstić information content (AvgIpc) is 2.73. The van der Waals surface area contributed by atoms with E-state index in [2.05, 4.69) is 6.92 Å². The van der Waals surface area contributed by atoms with Crippen molar-refractivity contribution >= 4 is 0 Å². The van der Waals surface area contributed by atoms with Crippen LogP contribution in [0, 0.1) is 17.3 Å². The first-order valence-electron chi connectivity index (χ1n) is 6.09. The molecule has 0 aromatic rings. The lowest BCUT2D eigenvalue weighted by atomic mass is 9.67. The fraction of sp³-hybridized carbons (Fsp3) is 1.00. The molecule has 2 nitrogen and oxygen atoms in total. The first kappa shape index (κ1) is 10.4. The number of nitrogens with two attached hydrogens (primary N) is 1. The molecule has 2 heteroatoms. The van der Waals surface area contributed by atoms with E-state index >= 15 is 0 Å². The fourth-order valence-corrected chi connectivity index (χ4v) is 3.89. The summed E-state index contributed by atoms with van der Waals surface area (Å²) in [6.45, 7) is 3.10. The van der Waals surface area contributed by atoms with Crippen molar-refractivity contribution in [2.24, 2.45) is 23.0 Å². The summed E-state index contributed by atoms with van der Waals surface area (Å²) in [5, 5.41) is 10.0. The number of aliphatic hydroxyl groups excluding tert-OH is 1. The Bertz CT molecular complexity index is 206. The highest BCUT2D eigenvalue weighted by molar-refractivity contribution is 5.00. The minimum Gasteiger partial charge on any atom is -0.393 e. The molecule has 2 fully saturated rings. The van der Waals surface area contributed by atoms with Crippen molar-refractivity contribution in [3.63, 3.8) is 0 Å². The zero-order chi connectivity index (χ0) is 10.2. The largest absolute Gasteiger partial charge is 0.393 e. The van der Waals surface area contributed by atoms with Crippen LogP contribution in [0.15, 0.2) is 0 Å². The van der Waals surface area contributed by atoms with Crippen LogP contribution in [0.4, 0.5) is 0 Å². The molecule has 4 atom stereocenters. The van der Waals surface area contributed by atoms with Gasteiger partial charge < -0.3 is 10.8 Å². The van der Waals surface area contributed by atoms with Gasteiger partial charge in [0, 0.05) is 0 Å². The second-order valence-corrected chi connectivity index (χ2v) is 5.34. The van der Waals surface area contributed by atoms with Gasteiger partial charge in [0.1, 0.15) is 0 Å². The molecule has 0 aliphatic heterocycles. The number of rotatable bonds is 2. The van der Waals surface area contributed by atoms with Crippen LogP contribution in [0.25, 0.3) is 0 Å². The smallest absolute Gasteiger partial charge is 0.0574 e. The van der Waals surface area contributed by atoms with E-state index in [0.717, 1.165) is 13.0 Å². The van der Waals surface area contributed by atoms with Crippen molar-refractivity contribution in [3.05, 3.63) is 0 Å². The van der Waals surface area contributed by atoms with Crippen molar-refractivity contribution < 1.29 is 5.11 Å². The summed E-state index contributed by atoms with van der Waals surface area (Å²) in [5.74, 6) is 1.20. The highest BCUT2D eigenvalue weighted by atomic mass is 16.3. The van der Waals surface area contributed by atoms with Crippen molar-refractivity contribution in [2.75, 3.05) is 6.54 Å². The standard InChI is InChI=1S/C12H23NO/c1-9-4-3-7-12(9,8-13)10-5-2-6-11(10)14/h9-11,14H,2-8,13H2,1H3. The Morgan fingerprint density at radius 2 is 2.07 bits per heavy atom. The maximum Gasteiger partial charge on any atom is 0.0574 e. The van der Waals surface area contributed by atoms with Gasteiger partial charge in [-0.3, -0.25) is 0 Å². The molecule has 4 unspecified atom stereocenters. The summed E-state index contributed by atoms with van der Waals surface area (Å²) in [7, 11) is 0. The SMILES string of the molecule is CC1CCCC1(CN)C1CCCC1O. The van der Waals surface area contributed by atoms with Crippen LogP contribution < -0.4 is 5.73 Å². The third-order valence-corrected chi connectivity index (χ3v) is 4.86. The van der Waals surface area contributed by atoms with E-state index in [4.69, 9.17) is 5.73 Å². The second kappa shape index (κ2) is 3.82. The minimum atomic E-state index is -0.0703. The molecule has 2 saturated carbocycles. The van der Waals surface area contributed by atoms with Crippen LogP contribution >= 0.6 is 0 Å². The van der Waals surface area contributed by atoms with Gasteiger partial charge in [0.25, 0.3) is 0 Å². The van der Waals surface area contributed by atoms with Crippen LogP contribution in [0.3, 0.4) is 0 Å². The van der Waals surface area contributed by atoms with E-state index in [1.165, 1.54) is 32.1 Å². The summed E-state index contributed by atoms with van der Waals surface area (Å²) in [6.07, 6.45) is 7.18. The van der Waals surface area contributed by atoms with Crippen LogP contribution in [-0.4, -0.2) is 17.8 Å². The van der Waals surface area contributed by atoms with Crippen LogP contribution in [0.5, 0.6) is 0 Å². The third kappa shape index (κ3) is 1.40. The van der Waals surface area contributed by atoms with E-state index in [0.29, 0.717) is 11.8 Å². The molecule has 0 spiro atoms. The van der Waals surface area contributed by atoms with Crippen LogP contribution in [0.1, 0.15) is 45.4 Å². The van der Waals surface area contributed by atoms with E-state index in [9.17, 15) is 5.11 Å². The Morgan fingerprint density at radius 3 is 2.50 bits per heavy atom. The van der Waals surface area contributed by atoms with Gasteiger partial charge in [-0.1, -0.05) is 26.2 Å². The molecule has 3 N–H and O–H groups in total. The van der Waals surface area contributed by atoms with E-state index in [1.54, 1.807) is 0 Å². The topological polar surface area (TPSA) is 46.2 Å². The molecule has 0 radical (unpaired) electrons. The monoisotopic (exact) mass is 197 g/mol. The van der Waals surface area contributed by atoms with Gasteiger partial charge in [-0.15, -0.1) is 0 Å². The number of aliphatic hydroxyl groups is 1. The predicted octanol–water partition coefficient (Wildman–Crippen LogP) is 1.91. The predicted molar refractivity (Wildman–Crippen MR) is 57.9 cm³/mol. The summed E-state index contributed by atoms with van der Waals surface area (Å²) >= 11 is 0. The molecule has 82 valence electrons. The first-order valence-corrected chi connectivity index (χ1v) is 6.09. The van der Waals surface area contributed by atoms with Crippen molar-refractivity contribution in [1.29, 1.82) is 0 Å². The molecular formula is C12H23NO. The zero-order valence-corrected chi connectivity index (χ0v) is 9.21. The lowest BCUT2D eigenvalue weighted by molar-refractivity contribution is 0.0216. The molecule has 0 aromatic carbocycles. The van der Waals surface area contributed by atoms with E-state index < -0.39 is 0 Å². The zero-order valence-electron chi connectivity index (χ0n) is 9.21. The van der Waals surface area contributed by atoms with Gasteiger partial charge in [0.2, 0.25) is 0 Å². The summed E-state index contributed by atoms with van der Waals surface area (Å²) < 4.78 is 0. The maximum absolute atomic E-state index is 10.0. The minimum absolute atomic E-state index is 0.0703.